The van der Waals surface area contributed by atoms with Crippen LogP contribution in [0.25, 0.3) is 0 Å². The van der Waals surface area contributed by atoms with Crippen LogP contribution in [-0.2, 0) is 23.2 Å². The Morgan fingerprint density at radius 3 is 3.20 bits per heavy atom. The van der Waals surface area contributed by atoms with Gasteiger partial charge in [0.2, 0.25) is 0 Å². The summed E-state index contributed by atoms with van der Waals surface area (Å²) in [6, 6.07) is 0. The summed E-state index contributed by atoms with van der Waals surface area (Å²) < 4.78 is 3.17. The van der Waals surface area contributed by atoms with E-state index in [9.17, 15) is 0 Å². The van der Waals surface area contributed by atoms with E-state index in [1.165, 1.54) is 17.0 Å². The van der Waals surface area contributed by atoms with Gasteiger partial charge in [0.25, 0.3) is 0 Å². The van der Waals surface area contributed by atoms with Gasteiger partial charge in [0.1, 0.15) is 0 Å². The molecule has 0 aromatic rings. The molecule has 0 unspecified atom stereocenters. The van der Waals surface area contributed by atoms with E-state index in [4.69, 9.17) is 0 Å². The van der Waals surface area contributed by atoms with Crippen molar-refractivity contribution in [1.82, 2.24) is 0 Å². The fourth-order valence-electron chi connectivity index (χ4n) is 0.913. The number of hydrogen-bond acceptors (Lipinski definition) is 0. The molecule has 10 heavy (non-hydrogen) atoms. The van der Waals surface area contributed by atoms with Crippen molar-refractivity contribution >= 4 is 0 Å². The molecule has 52 valence electrons. The topological polar surface area (TPSA) is 0 Å². The molecule has 1 aliphatic carbocycles. The molecule has 0 N–H and O–H groups in total. The van der Waals surface area contributed by atoms with Crippen molar-refractivity contribution < 1.29 is 23.2 Å². The second kappa shape index (κ2) is 4.85. The minimum atomic E-state index is -0.152. The van der Waals surface area contributed by atoms with Gasteiger partial charge in [-0.3, -0.25) is 0 Å². The molecule has 0 aliphatic heterocycles. The van der Waals surface area contributed by atoms with E-state index in [2.05, 4.69) is 24.8 Å². The molecule has 0 atom stereocenters. The average Bonchev–Trinajstić information content (AvgIpc) is 2.41. The SMILES string of the molecule is C=CC[CH2][Zr][C]1=CC=CC1. The van der Waals surface area contributed by atoms with Gasteiger partial charge in [-0.15, -0.1) is 0 Å². The van der Waals surface area contributed by atoms with Gasteiger partial charge < -0.3 is 0 Å². The fraction of sp³-hybridized carbons (Fsp3) is 0.333. The van der Waals surface area contributed by atoms with E-state index in [0.717, 1.165) is 0 Å². The predicted octanol–water partition coefficient (Wildman–Crippen LogP) is 2.91. The summed E-state index contributed by atoms with van der Waals surface area (Å²) in [5.74, 6) is 0. The Morgan fingerprint density at radius 2 is 2.60 bits per heavy atom. The molecule has 0 nitrogen and oxygen atoms in total. The normalized spacial score (nSPS) is 15.0. The van der Waals surface area contributed by atoms with Gasteiger partial charge in [-0.1, -0.05) is 0 Å². The molecular formula is C9H12Zr. The molecule has 0 saturated carbocycles. The Morgan fingerprint density at radius 1 is 1.70 bits per heavy atom. The molecule has 0 spiro atoms. The van der Waals surface area contributed by atoms with E-state index in [0.29, 0.717) is 0 Å². The van der Waals surface area contributed by atoms with E-state index in [1.807, 2.05) is 6.08 Å². The first-order valence-electron chi connectivity index (χ1n) is 3.64. The Hall–Kier alpha value is 0.103. The van der Waals surface area contributed by atoms with Crippen LogP contribution in [0.2, 0.25) is 4.13 Å². The van der Waals surface area contributed by atoms with Crippen molar-refractivity contribution in [2.45, 2.75) is 17.0 Å². The number of hydrogen-bond donors (Lipinski definition) is 0. The molecule has 0 fully saturated rings. The second-order valence-corrected chi connectivity index (χ2v) is 6.01. The summed E-state index contributed by atoms with van der Waals surface area (Å²) in [4.78, 5) is 0. The third kappa shape index (κ3) is 2.79. The van der Waals surface area contributed by atoms with Gasteiger partial charge >= 0.3 is 74.4 Å². The molecule has 1 rings (SSSR count). The van der Waals surface area contributed by atoms with Crippen LogP contribution in [-0.4, -0.2) is 0 Å². The van der Waals surface area contributed by atoms with E-state index < -0.39 is 0 Å². The van der Waals surface area contributed by atoms with E-state index in [-0.39, 0.29) is 23.2 Å². The van der Waals surface area contributed by atoms with Crippen LogP contribution in [0.4, 0.5) is 0 Å². The van der Waals surface area contributed by atoms with Crippen molar-refractivity contribution in [3.05, 3.63) is 34.2 Å². The second-order valence-electron chi connectivity index (χ2n) is 2.33. The van der Waals surface area contributed by atoms with Crippen LogP contribution >= 0.6 is 0 Å². The first-order valence-corrected chi connectivity index (χ1v) is 6.60. The number of allylic oxidation sites excluding steroid dienone is 5. The van der Waals surface area contributed by atoms with Crippen molar-refractivity contribution in [3.8, 4) is 0 Å². The zero-order valence-corrected chi connectivity index (χ0v) is 8.60. The first kappa shape index (κ1) is 8.20. The molecule has 1 aliphatic rings. The van der Waals surface area contributed by atoms with Crippen LogP contribution in [0, 0.1) is 0 Å². The Kier molecular flexibility index (Phi) is 3.98. The third-order valence-electron chi connectivity index (χ3n) is 1.47. The van der Waals surface area contributed by atoms with Crippen LogP contribution in [0.3, 0.4) is 0 Å². The Labute approximate surface area is 74.3 Å². The average molecular weight is 211 g/mol. The molecule has 0 radical (unpaired) electrons. The van der Waals surface area contributed by atoms with Crippen molar-refractivity contribution in [1.29, 1.82) is 0 Å². The summed E-state index contributed by atoms with van der Waals surface area (Å²) in [7, 11) is 0. The van der Waals surface area contributed by atoms with E-state index >= 15 is 0 Å². The maximum atomic E-state index is 3.72. The van der Waals surface area contributed by atoms with Gasteiger partial charge in [-0.05, 0) is 0 Å². The maximum absolute atomic E-state index is 3.72. The van der Waals surface area contributed by atoms with Crippen molar-refractivity contribution in [2.24, 2.45) is 0 Å². The summed E-state index contributed by atoms with van der Waals surface area (Å²) in [6.07, 6.45) is 11.2. The van der Waals surface area contributed by atoms with Crippen LogP contribution < -0.4 is 0 Å². The Balaban J connectivity index is 2.09. The first-order chi connectivity index (χ1) is 4.93. The third-order valence-corrected chi connectivity index (χ3v) is 4.82. The Bertz CT molecular complexity index is 166. The van der Waals surface area contributed by atoms with Gasteiger partial charge in [0.05, 0.1) is 0 Å². The molecule has 0 aromatic heterocycles. The molecule has 0 saturated heterocycles. The summed E-state index contributed by atoms with van der Waals surface area (Å²) in [6.45, 7) is 3.72. The van der Waals surface area contributed by atoms with Crippen LogP contribution in [0.5, 0.6) is 0 Å². The van der Waals surface area contributed by atoms with E-state index in [1.54, 1.807) is 3.28 Å². The van der Waals surface area contributed by atoms with Crippen molar-refractivity contribution in [3.63, 3.8) is 0 Å². The monoisotopic (exact) mass is 210 g/mol. The standard InChI is InChI=1S/C5H5.C4H7.Zr/c1-2-4-5-3-1;1-3-4-2;/h1-3H,4H2;3H,1-2,4H2;. The summed E-state index contributed by atoms with van der Waals surface area (Å²) in [5, 5.41) is 0. The molecule has 0 bridgehead atoms. The van der Waals surface area contributed by atoms with Crippen LogP contribution in [0.15, 0.2) is 34.2 Å². The minimum absolute atomic E-state index is 0.152. The fourth-order valence-corrected chi connectivity index (χ4v) is 3.73. The van der Waals surface area contributed by atoms with Gasteiger partial charge in [-0.25, -0.2) is 0 Å². The van der Waals surface area contributed by atoms with Gasteiger partial charge in [-0.2, -0.15) is 0 Å². The number of rotatable bonds is 4. The molecule has 1 heteroatoms. The summed E-state index contributed by atoms with van der Waals surface area (Å²) in [5.41, 5.74) is 0. The van der Waals surface area contributed by atoms with Gasteiger partial charge in [0, 0.05) is 0 Å². The molecule has 0 heterocycles. The predicted molar refractivity (Wildman–Crippen MR) is 41.5 cm³/mol. The van der Waals surface area contributed by atoms with Crippen molar-refractivity contribution in [2.75, 3.05) is 0 Å². The van der Waals surface area contributed by atoms with Crippen LogP contribution in [0.1, 0.15) is 12.8 Å². The quantitative estimate of drug-likeness (QED) is 0.495. The zero-order valence-electron chi connectivity index (χ0n) is 6.14. The molecule has 0 amide bonds. The van der Waals surface area contributed by atoms with Gasteiger partial charge in [0.15, 0.2) is 0 Å². The zero-order chi connectivity index (χ0) is 7.23. The summed E-state index contributed by atoms with van der Waals surface area (Å²) >= 11 is -0.152. The molecule has 0 aromatic carbocycles. The molecular weight excluding hydrogens is 199 g/mol.